The number of allylic oxidation sites excluding steroid dienone is 2. The zero-order chi connectivity index (χ0) is 32.8. The Morgan fingerprint density at radius 3 is 1.96 bits per heavy atom. The molecule has 48 heavy (non-hydrogen) atoms. The van der Waals surface area contributed by atoms with E-state index in [2.05, 4.69) is 79.7 Å². The van der Waals surface area contributed by atoms with Crippen molar-refractivity contribution < 1.29 is 10.2 Å². The highest BCUT2D eigenvalue weighted by atomic mass is 16.3. The highest BCUT2D eigenvalue weighted by molar-refractivity contribution is 5.55. The van der Waals surface area contributed by atoms with Crippen LogP contribution < -0.4 is 10.2 Å². The summed E-state index contributed by atoms with van der Waals surface area (Å²) in [5.74, 6) is 6.05. The van der Waals surface area contributed by atoms with Crippen LogP contribution in [0.25, 0.3) is 0 Å². The van der Waals surface area contributed by atoms with E-state index in [1.807, 2.05) is 0 Å². The summed E-state index contributed by atoms with van der Waals surface area (Å²) < 4.78 is 0. The van der Waals surface area contributed by atoms with Crippen LogP contribution in [0.4, 0.5) is 5.69 Å². The van der Waals surface area contributed by atoms with Gasteiger partial charge in [0.2, 0.25) is 0 Å². The molecule has 2 aromatic carbocycles. The number of aryl methyl sites for hydroxylation is 1. The number of aliphatic hydroxyl groups excluding tert-OH is 1. The highest BCUT2D eigenvalue weighted by Crippen LogP contribution is 2.65. The molecule has 4 heteroatoms. The Bertz CT molecular complexity index is 1560. The van der Waals surface area contributed by atoms with Gasteiger partial charge in [-0.2, -0.15) is 0 Å². The summed E-state index contributed by atoms with van der Waals surface area (Å²) in [7, 11) is 2.18. The summed E-state index contributed by atoms with van der Waals surface area (Å²) in [5, 5.41) is 27.5. The van der Waals surface area contributed by atoms with E-state index in [0.29, 0.717) is 17.7 Å². The first kappa shape index (κ1) is 31.4. The van der Waals surface area contributed by atoms with Crippen molar-refractivity contribution in [3.63, 3.8) is 0 Å². The van der Waals surface area contributed by atoms with E-state index in [1.54, 1.807) is 0 Å². The first-order valence-electron chi connectivity index (χ1n) is 19.5. The average molecular weight is 647 g/mol. The lowest BCUT2D eigenvalue weighted by molar-refractivity contribution is -0.0974. The monoisotopic (exact) mass is 646 g/mol. The molecule has 9 aliphatic rings. The maximum atomic E-state index is 12.0. The summed E-state index contributed by atoms with van der Waals surface area (Å²) in [6.45, 7) is 6.57. The van der Waals surface area contributed by atoms with E-state index in [4.69, 9.17) is 0 Å². The van der Waals surface area contributed by atoms with Crippen molar-refractivity contribution >= 4 is 5.69 Å². The van der Waals surface area contributed by atoms with Gasteiger partial charge in [0.05, 0.1) is 6.10 Å². The van der Waals surface area contributed by atoms with Crippen molar-refractivity contribution in [3.8, 4) is 5.75 Å². The third kappa shape index (κ3) is 5.39. The van der Waals surface area contributed by atoms with E-state index < -0.39 is 6.10 Å². The molecule has 2 atom stereocenters. The zero-order valence-electron chi connectivity index (χ0n) is 29.7. The van der Waals surface area contributed by atoms with Crippen LogP contribution in [-0.2, 0) is 18.5 Å². The second kappa shape index (κ2) is 11.8. The number of aromatic hydroxyl groups is 1. The van der Waals surface area contributed by atoms with E-state index >= 15 is 0 Å². The van der Waals surface area contributed by atoms with Crippen molar-refractivity contribution in [3.05, 3.63) is 82.0 Å². The number of nitrogens with zero attached hydrogens (tertiary/aromatic N) is 1. The number of anilines is 1. The molecule has 0 radical (unpaired) electrons. The van der Waals surface area contributed by atoms with E-state index in [0.717, 1.165) is 54.2 Å². The Morgan fingerprint density at radius 2 is 1.33 bits per heavy atom. The van der Waals surface area contributed by atoms with Crippen LogP contribution in [0.15, 0.2) is 59.7 Å². The Balaban J connectivity index is 0.890. The Labute approximate surface area is 289 Å². The van der Waals surface area contributed by atoms with Crippen LogP contribution in [0.5, 0.6) is 5.75 Å². The van der Waals surface area contributed by atoms with Crippen molar-refractivity contribution in [2.24, 2.45) is 46.8 Å². The first-order valence-corrected chi connectivity index (χ1v) is 19.5. The van der Waals surface area contributed by atoms with Gasteiger partial charge in [0, 0.05) is 49.4 Å². The molecule has 0 heterocycles. The number of hydrogen-bond donors (Lipinski definition) is 3. The van der Waals surface area contributed by atoms with Gasteiger partial charge < -0.3 is 20.4 Å². The van der Waals surface area contributed by atoms with Gasteiger partial charge in [-0.05, 0) is 154 Å². The Hall–Kier alpha value is -2.56. The van der Waals surface area contributed by atoms with E-state index in [-0.39, 0.29) is 11.3 Å². The minimum absolute atomic E-state index is 0.190. The standard InChI is InChI=1S/C44H58N2O2/c1-27-8-36(41(47)38(10-27)43-18-29-12-30(19-43)14-31(13-29)20-43)25-45-24-35-6-4-5-7-40(35)46(3)26-37-9-28(2)11-39(42(37)48)44-21-32-15-33(22-44)17-34(16-32)23-44/h4-11,29-34,39,42,45,47-48H,12-26H2,1-3H3. The number of phenolic OH excluding ortho intramolecular Hbond substituents is 1. The van der Waals surface area contributed by atoms with Crippen LogP contribution in [0.1, 0.15) is 106 Å². The van der Waals surface area contributed by atoms with Gasteiger partial charge in [-0.3, -0.25) is 0 Å². The molecule has 2 unspecified atom stereocenters. The summed E-state index contributed by atoms with van der Waals surface area (Å²) in [5.41, 5.74) is 9.00. The van der Waals surface area contributed by atoms with Crippen molar-refractivity contribution in [1.29, 1.82) is 0 Å². The summed E-state index contributed by atoms with van der Waals surface area (Å²) in [6, 6.07) is 13.2. The zero-order valence-corrected chi connectivity index (χ0v) is 29.7. The first-order chi connectivity index (χ1) is 23.1. The number of benzene rings is 2. The van der Waals surface area contributed by atoms with E-state index in [1.165, 1.54) is 111 Å². The van der Waals surface area contributed by atoms with Gasteiger partial charge in [0.25, 0.3) is 0 Å². The minimum Gasteiger partial charge on any atom is -0.507 e. The molecule has 2 aromatic rings. The summed E-state index contributed by atoms with van der Waals surface area (Å²) in [6.07, 6.45) is 20.7. The van der Waals surface area contributed by atoms with Crippen molar-refractivity contribution in [2.45, 2.75) is 116 Å². The van der Waals surface area contributed by atoms with Crippen LogP contribution in [0.3, 0.4) is 0 Å². The van der Waals surface area contributed by atoms with Gasteiger partial charge in [-0.25, -0.2) is 0 Å². The molecule has 0 spiro atoms. The molecule has 8 fully saturated rings. The molecule has 0 aliphatic heterocycles. The fourth-order valence-electron chi connectivity index (χ4n) is 13.8. The number of rotatable bonds is 9. The molecule has 0 amide bonds. The molecular weight excluding hydrogens is 588 g/mol. The number of para-hydroxylation sites is 1. The molecule has 0 saturated heterocycles. The largest absolute Gasteiger partial charge is 0.507 e. The fraction of sp³-hybridized carbons (Fsp3) is 0.636. The molecule has 8 saturated carbocycles. The average Bonchev–Trinajstić information content (AvgIpc) is 3.03. The minimum atomic E-state index is -0.398. The normalized spacial score (nSPS) is 39.1. The van der Waals surface area contributed by atoms with Gasteiger partial charge in [-0.15, -0.1) is 0 Å². The quantitative estimate of drug-likeness (QED) is 0.255. The topological polar surface area (TPSA) is 55.7 Å². The Kier molecular flexibility index (Phi) is 7.70. The SMILES string of the molecule is CC1=CC(C23CC4CC(CC(C4)C2)C3)C(O)C(CN(C)c2ccccc2CNCc2cc(C)cc(C34CC5CC(CC(C5)C3)C4)c2O)=C1. The number of aliphatic hydroxyl groups is 1. The van der Waals surface area contributed by atoms with Gasteiger partial charge >= 0.3 is 0 Å². The maximum Gasteiger partial charge on any atom is 0.123 e. The molecule has 3 N–H and O–H groups in total. The fourth-order valence-corrected chi connectivity index (χ4v) is 13.8. The lowest BCUT2D eigenvalue weighted by Crippen LogP contribution is -2.52. The highest BCUT2D eigenvalue weighted by Gasteiger charge is 2.56. The predicted molar refractivity (Wildman–Crippen MR) is 195 cm³/mol. The van der Waals surface area contributed by atoms with Gasteiger partial charge in [0.15, 0.2) is 0 Å². The summed E-state index contributed by atoms with van der Waals surface area (Å²) in [4.78, 5) is 2.34. The predicted octanol–water partition coefficient (Wildman–Crippen LogP) is 8.97. The lowest BCUT2D eigenvalue weighted by atomic mass is 9.45. The smallest absolute Gasteiger partial charge is 0.123 e. The van der Waals surface area contributed by atoms with Crippen LogP contribution in [-0.4, -0.2) is 29.9 Å². The molecule has 11 rings (SSSR count). The molecule has 8 bridgehead atoms. The molecule has 9 aliphatic carbocycles. The molecule has 0 aromatic heterocycles. The van der Waals surface area contributed by atoms with Crippen LogP contribution in [0.2, 0.25) is 0 Å². The third-order valence-corrected chi connectivity index (χ3v) is 14.8. The second-order valence-corrected chi connectivity index (χ2v) is 18.5. The summed E-state index contributed by atoms with van der Waals surface area (Å²) >= 11 is 0. The number of phenols is 1. The van der Waals surface area contributed by atoms with Crippen molar-refractivity contribution in [2.75, 3.05) is 18.5 Å². The number of nitrogens with one attached hydrogen (secondary N) is 1. The van der Waals surface area contributed by atoms with Crippen LogP contribution >= 0.6 is 0 Å². The second-order valence-electron chi connectivity index (χ2n) is 18.5. The van der Waals surface area contributed by atoms with Crippen LogP contribution in [0, 0.1) is 53.8 Å². The van der Waals surface area contributed by atoms with E-state index in [9.17, 15) is 10.2 Å². The number of likely N-dealkylation sites (N-methyl/N-ethyl adjacent to an activating group) is 1. The third-order valence-electron chi connectivity index (χ3n) is 14.8. The van der Waals surface area contributed by atoms with Gasteiger partial charge in [0.1, 0.15) is 5.75 Å². The van der Waals surface area contributed by atoms with Crippen molar-refractivity contribution in [1.82, 2.24) is 5.32 Å². The maximum absolute atomic E-state index is 12.0. The molecule has 256 valence electrons. The Morgan fingerprint density at radius 1 is 0.771 bits per heavy atom. The molecular formula is C44H58N2O2. The van der Waals surface area contributed by atoms with Gasteiger partial charge in [-0.1, -0.05) is 53.6 Å². The number of hydrogen-bond acceptors (Lipinski definition) is 4. The molecule has 4 nitrogen and oxygen atoms in total. The lowest BCUT2D eigenvalue weighted by Gasteiger charge is -2.60.